The molecule has 2 rings (SSSR count). The molecular weight excluding hydrogens is 324 g/mol. The van der Waals surface area contributed by atoms with E-state index in [4.69, 9.17) is 0 Å². The van der Waals surface area contributed by atoms with Crippen molar-refractivity contribution in [3.8, 4) is 0 Å². The van der Waals surface area contributed by atoms with Crippen LogP contribution in [-0.4, -0.2) is 21.4 Å². The van der Waals surface area contributed by atoms with Crippen LogP contribution in [0.5, 0.6) is 0 Å². The van der Waals surface area contributed by atoms with Gasteiger partial charge in [-0.2, -0.15) is 0 Å². The van der Waals surface area contributed by atoms with E-state index < -0.39 is 10.0 Å². The lowest BCUT2D eigenvalue weighted by Crippen LogP contribution is -2.27. The highest BCUT2D eigenvalue weighted by Crippen LogP contribution is 2.16. The van der Waals surface area contributed by atoms with Gasteiger partial charge in [0.25, 0.3) is 5.91 Å². The van der Waals surface area contributed by atoms with Crippen molar-refractivity contribution in [2.45, 2.75) is 31.2 Å². The maximum absolute atomic E-state index is 12.4. The first-order chi connectivity index (χ1) is 11.4. The molecule has 2 aromatic rings. The third kappa shape index (κ3) is 4.21. The number of nitrogens with one attached hydrogen (secondary N) is 2. The van der Waals surface area contributed by atoms with Crippen molar-refractivity contribution in [1.29, 1.82) is 0 Å². The summed E-state index contributed by atoms with van der Waals surface area (Å²) in [5.41, 5.74) is 2.55. The van der Waals surface area contributed by atoms with E-state index in [2.05, 4.69) is 17.0 Å². The van der Waals surface area contributed by atoms with Crippen LogP contribution in [0, 0.1) is 0 Å². The summed E-state index contributed by atoms with van der Waals surface area (Å²) in [6.45, 7) is 3.99. The molecule has 0 aliphatic carbocycles. The number of rotatable bonds is 6. The lowest BCUT2D eigenvalue weighted by molar-refractivity contribution is 0.0939. The van der Waals surface area contributed by atoms with Crippen LogP contribution in [0.1, 0.15) is 41.4 Å². The third-order valence-electron chi connectivity index (χ3n) is 3.91. The molecule has 0 aliphatic heterocycles. The lowest BCUT2D eigenvalue weighted by atomic mass is 10.0. The van der Waals surface area contributed by atoms with Crippen LogP contribution in [0.3, 0.4) is 0 Å². The SMILES string of the molecule is CCc1ccc([C@@H](C)NC(=O)c2cccc(S(=O)(=O)NC)c2)cc1. The normalized spacial score (nSPS) is 12.6. The van der Waals surface area contributed by atoms with Crippen molar-refractivity contribution in [1.82, 2.24) is 10.0 Å². The maximum Gasteiger partial charge on any atom is 0.251 e. The Balaban J connectivity index is 2.15. The predicted octanol–water partition coefficient (Wildman–Crippen LogP) is 2.65. The number of sulfonamides is 1. The van der Waals surface area contributed by atoms with E-state index in [-0.39, 0.29) is 16.8 Å². The first kappa shape index (κ1) is 18.2. The Morgan fingerprint density at radius 2 is 1.79 bits per heavy atom. The lowest BCUT2D eigenvalue weighted by Gasteiger charge is -2.15. The van der Waals surface area contributed by atoms with E-state index >= 15 is 0 Å². The molecular formula is C18H22N2O3S. The summed E-state index contributed by atoms with van der Waals surface area (Å²) in [7, 11) is -2.24. The molecule has 0 fully saturated rings. The second kappa shape index (κ2) is 7.59. The molecule has 128 valence electrons. The zero-order valence-electron chi connectivity index (χ0n) is 14.0. The molecule has 6 heteroatoms. The first-order valence-corrected chi connectivity index (χ1v) is 9.29. The molecule has 2 N–H and O–H groups in total. The highest BCUT2D eigenvalue weighted by molar-refractivity contribution is 7.89. The summed E-state index contributed by atoms with van der Waals surface area (Å²) in [4.78, 5) is 12.5. The van der Waals surface area contributed by atoms with E-state index in [0.29, 0.717) is 5.56 Å². The van der Waals surface area contributed by atoms with E-state index in [1.807, 2.05) is 31.2 Å². The summed E-state index contributed by atoms with van der Waals surface area (Å²) in [6, 6.07) is 13.9. The molecule has 0 spiro atoms. The third-order valence-corrected chi connectivity index (χ3v) is 5.32. The van der Waals surface area contributed by atoms with Gasteiger partial charge in [0.1, 0.15) is 0 Å². The van der Waals surface area contributed by atoms with Crippen LogP contribution in [0.15, 0.2) is 53.4 Å². The monoisotopic (exact) mass is 346 g/mol. The quantitative estimate of drug-likeness (QED) is 0.844. The predicted molar refractivity (Wildman–Crippen MR) is 94.4 cm³/mol. The van der Waals surface area contributed by atoms with Crippen molar-refractivity contribution >= 4 is 15.9 Å². The van der Waals surface area contributed by atoms with Gasteiger partial charge in [-0.3, -0.25) is 4.79 Å². The molecule has 1 amide bonds. The van der Waals surface area contributed by atoms with E-state index in [0.717, 1.165) is 12.0 Å². The number of amides is 1. The summed E-state index contributed by atoms with van der Waals surface area (Å²) >= 11 is 0. The van der Waals surface area contributed by atoms with Gasteiger partial charge in [0, 0.05) is 5.56 Å². The molecule has 1 atom stereocenters. The van der Waals surface area contributed by atoms with Crippen LogP contribution < -0.4 is 10.0 Å². The fourth-order valence-electron chi connectivity index (χ4n) is 2.33. The van der Waals surface area contributed by atoms with Crippen LogP contribution in [0.25, 0.3) is 0 Å². The van der Waals surface area contributed by atoms with Gasteiger partial charge in [0.15, 0.2) is 0 Å². The van der Waals surface area contributed by atoms with Crippen molar-refractivity contribution in [2.75, 3.05) is 7.05 Å². The van der Waals surface area contributed by atoms with Crippen molar-refractivity contribution in [3.63, 3.8) is 0 Å². The Bertz CT molecular complexity index is 814. The van der Waals surface area contributed by atoms with Gasteiger partial charge in [-0.25, -0.2) is 13.1 Å². The molecule has 2 aromatic carbocycles. The number of aryl methyl sites for hydroxylation is 1. The second-order valence-electron chi connectivity index (χ2n) is 5.53. The zero-order valence-corrected chi connectivity index (χ0v) is 14.9. The minimum atomic E-state index is -3.57. The minimum Gasteiger partial charge on any atom is -0.346 e. The topological polar surface area (TPSA) is 75.3 Å². The smallest absolute Gasteiger partial charge is 0.251 e. The standard InChI is InChI=1S/C18H22N2O3S/c1-4-14-8-10-15(11-9-14)13(2)20-18(21)16-6-5-7-17(12-16)24(22,23)19-3/h5-13,19H,4H2,1-3H3,(H,20,21)/t13-/m1/s1. The minimum absolute atomic E-state index is 0.0672. The number of hydrogen-bond donors (Lipinski definition) is 2. The molecule has 0 radical (unpaired) electrons. The van der Waals surface area contributed by atoms with Gasteiger partial charge in [-0.15, -0.1) is 0 Å². The number of benzene rings is 2. The summed E-state index contributed by atoms with van der Waals surface area (Å²) in [5.74, 6) is -0.310. The van der Waals surface area contributed by atoms with Crippen LogP contribution in [-0.2, 0) is 16.4 Å². The molecule has 0 saturated carbocycles. The Morgan fingerprint density at radius 3 is 2.38 bits per heavy atom. The summed E-state index contributed by atoms with van der Waals surface area (Å²) in [6.07, 6.45) is 0.966. The second-order valence-corrected chi connectivity index (χ2v) is 7.41. The first-order valence-electron chi connectivity index (χ1n) is 7.80. The van der Waals surface area contributed by atoms with Gasteiger partial charge in [0.05, 0.1) is 10.9 Å². The molecule has 0 unspecified atom stereocenters. The Kier molecular flexibility index (Phi) is 5.75. The van der Waals surface area contributed by atoms with Crippen molar-refractivity contribution in [3.05, 3.63) is 65.2 Å². The Morgan fingerprint density at radius 1 is 1.12 bits per heavy atom. The Hall–Kier alpha value is -2.18. The average molecular weight is 346 g/mol. The van der Waals surface area contributed by atoms with Crippen molar-refractivity contribution in [2.24, 2.45) is 0 Å². The van der Waals surface area contributed by atoms with Crippen LogP contribution in [0.2, 0.25) is 0 Å². The number of carbonyl (C=O) groups excluding carboxylic acids is 1. The highest BCUT2D eigenvalue weighted by Gasteiger charge is 2.16. The fourth-order valence-corrected chi connectivity index (χ4v) is 3.10. The van der Waals surface area contributed by atoms with Crippen LogP contribution in [0.4, 0.5) is 0 Å². The molecule has 0 aromatic heterocycles. The molecule has 5 nitrogen and oxygen atoms in total. The molecule has 24 heavy (non-hydrogen) atoms. The molecule has 0 heterocycles. The molecule has 0 saturated heterocycles. The molecule has 0 bridgehead atoms. The van der Waals surface area contributed by atoms with Gasteiger partial charge in [0.2, 0.25) is 10.0 Å². The summed E-state index contributed by atoms with van der Waals surface area (Å²) in [5, 5.41) is 2.89. The van der Waals surface area contributed by atoms with Gasteiger partial charge in [-0.05, 0) is 49.7 Å². The average Bonchev–Trinajstić information content (AvgIpc) is 2.61. The fraction of sp³-hybridized carbons (Fsp3) is 0.278. The van der Waals surface area contributed by atoms with E-state index in [1.165, 1.54) is 24.7 Å². The largest absolute Gasteiger partial charge is 0.346 e. The molecule has 0 aliphatic rings. The van der Waals surface area contributed by atoms with E-state index in [9.17, 15) is 13.2 Å². The van der Waals surface area contributed by atoms with Gasteiger partial charge in [-0.1, -0.05) is 37.3 Å². The number of carbonyl (C=O) groups is 1. The van der Waals surface area contributed by atoms with Crippen LogP contribution >= 0.6 is 0 Å². The highest BCUT2D eigenvalue weighted by atomic mass is 32.2. The van der Waals surface area contributed by atoms with Crippen molar-refractivity contribution < 1.29 is 13.2 Å². The van der Waals surface area contributed by atoms with Gasteiger partial charge >= 0.3 is 0 Å². The maximum atomic E-state index is 12.4. The van der Waals surface area contributed by atoms with E-state index in [1.54, 1.807) is 12.1 Å². The number of hydrogen-bond acceptors (Lipinski definition) is 3. The zero-order chi connectivity index (χ0) is 17.7. The van der Waals surface area contributed by atoms with Gasteiger partial charge < -0.3 is 5.32 Å². The Labute approximate surface area is 143 Å². The summed E-state index contributed by atoms with van der Waals surface area (Å²) < 4.78 is 25.9.